The Morgan fingerprint density at radius 2 is 1.94 bits per heavy atom. The van der Waals surface area contributed by atoms with E-state index in [0.717, 1.165) is 38.9 Å². The van der Waals surface area contributed by atoms with Gasteiger partial charge in [-0.15, -0.1) is 0 Å². The first kappa shape index (κ1) is 13.9. The van der Waals surface area contributed by atoms with E-state index in [1.807, 2.05) is 0 Å². The molecule has 0 spiro atoms. The zero-order valence-corrected chi connectivity index (χ0v) is 12.0. The quantitative estimate of drug-likeness (QED) is 0.778. The second kappa shape index (κ2) is 6.05. The average molecular weight is 252 g/mol. The molecule has 0 aromatic carbocycles. The average Bonchev–Trinajstić information content (AvgIpc) is 2.68. The van der Waals surface area contributed by atoms with E-state index in [0.29, 0.717) is 11.3 Å². The van der Waals surface area contributed by atoms with E-state index >= 15 is 0 Å². The summed E-state index contributed by atoms with van der Waals surface area (Å²) in [5, 5.41) is 3.43. The van der Waals surface area contributed by atoms with Gasteiger partial charge in [-0.25, -0.2) is 0 Å². The molecule has 2 saturated heterocycles. The summed E-state index contributed by atoms with van der Waals surface area (Å²) in [7, 11) is 0. The normalized spacial score (nSPS) is 29.4. The van der Waals surface area contributed by atoms with Crippen LogP contribution < -0.4 is 5.32 Å². The topological polar surface area (TPSA) is 32.3 Å². The van der Waals surface area contributed by atoms with Crippen molar-refractivity contribution in [3.05, 3.63) is 0 Å². The molecule has 3 nitrogen and oxygen atoms in total. The van der Waals surface area contributed by atoms with Gasteiger partial charge < -0.3 is 10.2 Å². The van der Waals surface area contributed by atoms with Crippen LogP contribution in [0.1, 0.15) is 58.8 Å². The monoisotopic (exact) mass is 252 g/mol. The summed E-state index contributed by atoms with van der Waals surface area (Å²) < 4.78 is 0. The third-order valence-electron chi connectivity index (χ3n) is 4.51. The zero-order chi connectivity index (χ0) is 13.0. The van der Waals surface area contributed by atoms with Gasteiger partial charge in [0, 0.05) is 13.1 Å². The highest BCUT2D eigenvalue weighted by molar-refractivity contribution is 5.82. The highest BCUT2D eigenvalue weighted by Gasteiger charge is 2.29. The zero-order valence-electron chi connectivity index (χ0n) is 12.0. The number of hydrogen-bond acceptors (Lipinski definition) is 2. The molecule has 2 rings (SSSR count). The summed E-state index contributed by atoms with van der Waals surface area (Å²) in [5.74, 6) is 0.356. The van der Waals surface area contributed by atoms with Crippen LogP contribution in [-0.4, -0.2) is 36.5 Å². The predicted molar refractivity (Wildman–Crippen MR) is 74.5 cm³/mol. The van der Waals surface area contributed by atoms with Crippen LogP contribution in [0.15, 0.2) is 0 Å². The minimum Gasteiger partial charge on any atom is -0.341 e. The van der Waals surface area contributed by atoms with E-state index in [1.165, 1.54) is 25.7 Å². The number of nitrogens with one attached hydrogen (secondary N) is 1. The number of carbonyl (C=O) groups is 1. The molecule has 2 aliphatic rings. The van der Waals surface area contributed by atoms with Crippen LogP contribution in [0.5, 0.6) is 0 Å². The summed E-state index contributed by atoms with van der Waals surface area (Å²) in [6.45, 7) is 7.57. The molecule has 1 unspecified atom stereocenters. The fraction of sp³-hybridized carbons (Fsp3) is 0.933. The highest BCUT2D eigenvalue weighted by atomic mass is 16.2. The van der Waals surface area contributed by atoms with Crippen LogP contribution in [0.4, 0.5) is 0 Å². The van der Waals surface area contributed by atoms with E-state index in [9.17, 15) is 4.79 Å². The van der Waals surface area contributed by atoms with Gasteiger partial charge in [-0.3, -0.25) is 4.79 Å². The van der Waals surface area contributed by atoms with Gasteiger partial charge in [0.2, 0.25) is 5.91 Å². The lowest BCUT2D eigenvalue weighted by Crippen LogP contribution is -2.46. The van der Waals surface area contributed by atoms with Crippen molar-refractivity contribution >= 4 is 5.91 Å². The Labute approximate surface area is 111 Å². The lowest BCUT2D eigenvalue weighted by Gasteiger charge is -2.27. The van der Waals surface area contributed by atoms with Gasteiger partial charge >= 0.3 is 0 Å². The predicted octanol–water partition coefficient (Wildman–Crippen LogP) is 2.56. The molecule has 2 fully saturated rings. The summed E-state index contributed by atoms with van der Waals surface area (Å²) in [5.41, 5.74) is 0.409. The van der Waals surface area contributed by atoms with Gasteiger partial charge in [-0.2, -0.15) is 0 Å². The first-order valence-corrected chi connectivity index (χ1v) is 7.61. The second-order valence-corrected chi connectivity index (χ2v) is 6.70. The smallest absolute Gasteiger partial charge is 0.239 e. The molecule has 2 heterocycles. The molecular formula is C15H28N2O. The van der Waals surface area contributed by atoms with Gasteiger partial charge in [0.25, 0.3) is 0 Å². The Morgan fingerprint density at radius 3 is 2.78 bits per heavy atom. The van der Waals surface area contributed by atoms with Gasteiger partial charge in [0.1, 0.15) is 0 Å². The Morgan fingerprint density at radius 1 is 1.11 bits per heavy atom. The summed E-state index contributed by atoms with van der Waals surface area (Å²) in [6.07, 6.45) is 8.26. The Kier molecular flexibility index (Phi) is 4.66. The lowest BCUT2D eigenvalue weighted by molar-refractivity contribution is -0.133. The van der Waals surface area contributed by atoms with Crippen LogP contribution in [0, 0.1) is 5.41 Å². The van der Waals surface area contributed by atoms with Crippen LogP contribution in [-0.2, 0) is 4.79 Å². The van der Waals surface area contributed by atoms with Gasteiger partial charge in [0.05, 0.1) is 6.04 Å². The van der Waals surface area contributed by atoms with Crippen molar-refractivity contribution in [1.29, 1.82) is 0 Å². The van der Waals surface area contributed by atoms with Crippen molar-refractivity contribution in [3.8, 4) is 0 Å². The third kappa shape index (κ3) is 3.71. The van der Waals surface area contributed by atoms with E-state index in [1.54, 1.807) is 0 Å². The van der Waals surface area contributed by atoms with Crippen LogP contribution in [0.3, 0.4) is 0 Å². The van der Waals surface area contributed by atoms with Crippen molar-refractivity contribution in [1.82, 2.24) is 10.2 Å². The molecule has 0 bridgehead atoms. The first-order chi connectivity index (χ1) is 8.58. The van der Waals surface area contributed by atoms with Crippen molar-refractivity contribution in [2.75, 3.05) is 19.6 Å². The Balaban J connectivity index is 1.91. The van der Waals surface area contributed by atoms with E-state index < -0.39 is 0 Å². The van der Waals surface area contributed by atoms with E-state index in [2.05, 4.69) is 24.1 Å². The van der Waals surface area contributed by atoms with Crippen molar-refractivity contribution in [2.45, 2.75) is 64.8 Å². The fourth-order valence-electron chi connectivity index (χ4n) is 3.10. The number of likely N-dealkylation sites (tertiary alicyclic amines) is 1. The van der Waals surface area contributed by atoms with Crippen LogP contribution >= 0.6 is 0 Å². The SMILES string of the molecule is CC1(C)CCCN(C(=O)C2CCCCCN2)CC1. The molecule has 3 heteroatoms. The molecule has 0 aromatic rings. The van der Waals surface area contributed by atoms with Gasteiger partial charge in [-0.05, 0) is 44.1 Å². The van der Waals surface area contributed by atoms with Gasteiger partial charge in [0.15, 0.2) is 0 Å². The summed E-state index contributed by atoms with van der Waals surface area (Å²) in [6, 6.07) is 0.0914. The molecule has 1 amide bonds. The van der Waals surface area contributed by atoms with Gasteiger partial charge in [-0.1, -0.05) is 26.7 Å². The van der Waals surface area contributed by atoms with E-state index in [4.69, 9.17) is 0 Å². The Bertz CT molecular complexity index is 280. The summed E-state index contributed by atoms with van der Waals surface area (Å²) >= 11 is 0. The molecule has 2 aliphatic heterocycles. The second-order valence-electron chi connectivity index (χ2n) is 6.70. The molecule has 18 heavy (non-hydrogen) atoms. The standard InChI is InChI=1S/C15H28N2O/c1-15(2)8-6-11-17(12-9-15)14(18)13-7-4-3-5-10-16-13/h13,16H,3-12H2,1-2H3. The largest absolute Gasteiger partial charge is 0.341 e. The van der Waals surface area contributed by atoms with Crippen LogP contribution in [0.2, 0.25) is 0 Å². The molecule has 0 aliphatic carbocycles. The maximum Gasteiger partial charge on any atom is 0.239 e. The molecule has 0 aromatic heterocycles. The van der Waals surface area contributed by atoms with Crippen molar-refractivity contribution < 1.29 is 4.79 Å². The molecule has 1 N–H and O–H groups in total. The molecule has 0 radical (unpaired) electrons. The number of nitrogens with zero attached hydrogens (tertiary/aromatic N) is 1. The maximum absolute atomic E-state index is 12.5. The number of hydrogen-bond donors (Lipinski definition) is 1. The lowest BCUT2D eigenvalue weighted by atomic mass is 9.85. The molecule has 104 valence electrons. The van der Waals surface area contributed by atoms with Crippen molar-refractivity contribution in [2.24, 2.45) is 5.41 Å². The van der Waals surface area contributed by atoms with Crippen molar-refractivity contribution in [3.63, 3.8) is 0 Å². The number of amides is 1. The number of rotatable bonds is 1. The summed E-state index contributed by atoms with van der Waals surface area (Å²) in [4.78, 5) is 14.6. The molecule has 0 saturated carbocycles. The van der Waals surface area contributed by atoms with Crippen LogP contribution in [0.25, 0.3) is 0 Å². The maximum atomic E-state index is 12.5. The minimum atomic E-state index is 0.0914. The minimum absolute atomic E-state index is 0.0914. The highest BCUT2D eigenvalue weighted by Crippen LogP contribution is 2.30. The Hall–Kier alpha value is -0.570. The number of carbonyl (C=O) groups excluding carboxylic acids is 1. The fourth-order valence-corrected chi connectivity index (χ4v) is 3.10. The first-order valence-electron chi connectivity index (χ1n) is 7.61. The van der Waals surface area contributed by atoms with E-state index in [-0.39, 0.29) is 6.04 Å². The molecule has 1 atom stereocenters. The molecular weight excluding hydrogens is 224 g/mol. The third-order valence-corrected chi connectivity index (χ3v) is 4.51.